The van der Waals surface area contributed by atoms with Crippen molar-refractivity contribution in [3.63, 3.8) is 0 Å². The van der Waals surface area contributed by atoms with Crippen LogP contribution < -0.4 is 5.32 Å². The number of aryl methyl sites for hydroxylation is 1. The lowest BCUT2D eigenvalue weighted by Gasteiger charge is -2.12. The van der Waals surface area contributed by atoms with Gasteiger partial charge in [0, 0.05) is 37.0 Å². The molecule has 0 unspecified atom stereocenters. The average molecular weight is 301 g/mol. The Kier molecular flexibility index (Phi) is 5.90. The van der Waals surface area contributed by atoms with Crippen LogP contribution in [0.3, 0.4) is 0 Å². The van der Waals surface area contributed by atoms with Crippen LogP contribution in [0.5, 0.6) is 0 Å². The maximum Gasteiger partial charge on any atom is 0.220 e. The number of carbonyl (C=O) groups excluding carboxylic acids is 2. The first kappa shape index (κ1) is 16.4. The Labute approximate surface area is 131 Å². The first-order chi connectivity index (χ1) is 10.6. The van der Waals surface area contributed by atoms with Crippen molar-refractivity contribution in [3.05, 3.63) is 47.5 Å². The van der Waals surface area contributed by atoms with Gasteiger partial charge in [0.1, 0.15) is 0 Å². The first-order valence-corrected chi connectivity index (χ1v) is 7.83. The van der Waals surface area contributed by atoms with Crippen molar-refractivity contribution in [3.8, 4) is 0 Å². The molecule has 2 N–H and O–H groups in total. The molecule has 4 nitrogen and oxygen atoms in total. The number of hydrogen-bond donors (Lipinski definition) is 2. The zero-order valence-corrected chi connectivity index (χ0v) is 12.9. The van der Waals surface area contributed by atoms with E-state index in [1.807, 2.05) is 36.4 Å². The molecule has 0 saturated carbocycles. The molecule has 0 spiro atoms. The minimum atomic E-state index is -0.119. The number of Topliss-reactive ketones (excluding diaryl/α,β-unsaturated/α-hetero) is 1. The summed E-state index contributed by atoms with van der Waals surface area (Å²) in [6.07, 6.45) is 5.92. The lowest BCUT2D eigenvalue weighted by Crippen LogP contribution is -2.33. The highest BCUT2D eigenvalue weighted by atomic mass is 16.3. The van der Waals surface area contributed by atoms with Gasteiger partial charge in [-0.2, -0.15) is 0 Å². The third kappa shape index (κ3) is 4.53. The van der Waals surface area contributed by atoms with Gasteiger partial charge >= 0.3 is 0 Å². The van der Waals surface area contributed by atoms with Crippen LogP contribution in [0.4, 0.5) is 0 Å². The summed E-state index contributed by atoms with van der Waals surface area (Å²) in [4.78, 5) is 23.9. The van der Waals surface area contributed by atoms with Gasteiger partial charge in [-0.15, -0.1) is 0 Å². The second-order valence-electron chi connectivity index (χ2n) is 5.71. The maximum atomic E-state index is 12.1. The molecule has 1 amide bonds. The monoisotopic (exact) mass is 301 g/mol. The van der Waals surface area contributed by atoms with Gasteiger partial charge in [0.05, 0.1) is 0 Å². The van der Waals surface area contributed by atoms with Crippen LogP contribution in [0.15, 0.2) is 36.4 Å². The molecule has 0 saturated heterocycles. The molecule has 118 valence electrons. The van der Waals surface area contributed by atoms with Crippen molar-refractivity contribution in [2.24, 2.45) is 5.92 Å². The third-order valence-corrected chi connectivity index (χ3v) is 4.02. The molecular formula is C18H23NO3. The molecular weight excluding hydrogens is 278 g/mol. The number of ketones is 1. The fourth-order valence-corrected chi connectivity index (χ4v) is 2.59. The Morgan fingerprint density at radius 2 is 1.91 bits per heavy atom. The number of carbonyl (C=O) groups is 2. The Morgan fingerprint density at radius 1 is 1.18 bits per heavy atom. The number of rotatable bonds is 7. The molecule has 1 aromatic carbocycles. The minimum Gasteiger partial charge on any atom is -0.396 e. The predicted molar refractivity (Wildman–Crippen MR) is 85.6 cm³/mol. The Bertz CT molecular complexity index is 548. The summed E-state index contributed by atoms with van der Waals surface area (Å²) >= 11 is 0. The second-order valence-corrected chi connectivity index (χ2v) is 5.71. The molecule has 0 radical (unpaired) electrons. The standard InChI is InChI=1S/C18H23NO3/c1-2-13-3-6-15(7-4-13)17(21)9-10-18(22)19-16-8-5-14(11-16)12-20/h3-8,14,16,20H,2,9-12H2,1H3,(H,19,22)/t14-,16+/m0/s1. The van der Waals surface area contributed by atoms with Gasteiger partial charge in [-0.1, -0.05) is 43.3 Å². The maximum absolute atomic E-state index is 12.1. The fourth-order valence-electron chi connectivity index (χ4n) is 2.59. The number of aliphatic hydroxyl groups excluding tert-OH is 1. The third-order valence-electron chi connectivity index (χ3n) is 4.02. The van der Waals surface area contributed by atoms with Crippen molar-refractivity contribution < 1.29 is 14.7 Å². The van der Waals surface area contributed by atoms with E-state index in [9.17, 15) is 9.59 Å². The highest BCUT2D eigenvalue weighted by molar-refractivity contribution is 5.98. The summed E-state index contributed by atoms with van der Waals surface area (Å²) < 4.78 is 0. The molecule has 1 aliphatic carbocycles. The Hall–Kier alpha value is -1.94. The SMILES string of the molecule is CCc1ccc(C(=O)CCC(=O)N[C@@H]2C=C[C@H](CO)C2)cc1. The summed E-state index contributed by atoms with van der Waals surface area (Å²) in [7, 11) is 0. The van der Waals surface area contributed by atoms with Crippen molar-refractivity contribution in [1.82, 2.24) is 5.32 Å². The lowest BCUT2D eigenvalue weighted by molar-refractivity contribution is -0.121. The molecule has 0 heterocycles. The summed E-state index contributed by atoms with van der Waals surface area (Å²) in [6, 6.07) is 7.52. The van der Waals surface area contributed by atoms with E-state index in [1.165, 1.54) is 5.56 Å². The van der Waals surface area contributed by atoms with Gasteiger partial charge in [0.25, 0.3) is 0 Å². The van der Waals surface area contributed by atoms with Crippen LogP contribution in [0.25, 0.3) is 0 Å². The summed E-state index contributed by atoms with van der Waals surface area (Å²) in [5.74, 6) is 0.00350. The normalized spacial score (nSPS) is 20.1. The van der Waals surface area contributed by atoms with Gasteiger partial charge in [-0.3, -0.25) is 9.59 Å². The second kappa shape index (κ2) is 7.90. The first-order valence-electron chi connectivity index (χ1n) is 7.83. The summed E-state index contributed by atoms with van der Waals surface area (Å²) in [5.41, 5.74) is 1.85. The van der Waals surface area contributed by atoms with E-state index in [1.54, 1.807) is 0 Å². The van der Waals surface area contributed by atoms with Crippen LogP contribution >= 0.6 is 0 Å². The van der Waals surface area contributed by atoms with Crippen LogP contribution in [-0.2, 0) is 11.2 Å². The van der Waals surface area contributed by atoms with Crippen molar-refractivity contribution in [1.29, 1.82) is 0 Å². The molecule has 2 rings (SSSR count). The van der Waals surface area contributed by atoms with E-state index in [-0.39, 0.29) is 43.1 Å². The topological polar surface area (TPSA) is 66.4 Å². The molecule has 2 atom stereocenters. The zero-order chi connectivity index (χ0) is 15.9. The number of aliphatic hydroxyl groups is 1. The minimum absolute atomic E-state index is 0.00648. The Balaban J connectivity index is 1.76. The van der Waals surface area contributed by atoms with E-state index in [0.717, 1.165) is 12.8 Å². The van der Waals surface area contributed by atoms with E-state index < -0.39 is 0 Å². The van der Waals surface area contributed by atoms with E-state index in [4.69, 9.17) is 5.11 Å². The molecule has 0 aromatic heterocycles. The van der Waals surface area contributed by atoms with Crippen molar-refractivity contribution >= 4 is 11.7 Å². The quantitative estimate of drug-likeness (QED) is 0.600. The van der Waals surface area contributed by atoms with Crippen LogP contribution in [0, 0.1) is 5.92 Å². The summed E-state index contributed by atoms with van der Waals surface area (Å²) in [5, 5.41) is 11.9. The van der Waals surface area contributed by atoms with Gasteiger partial charge in [0.2, 0.25) is 5.91 Å². The van der Waals surface area contributed by atoms with Crippen LogP contribution in [0.2, 0.25) is 0 Å². The highest BCUT2D eigenvalue weighted by Crippen LogP contribution is 2.17. The largest absolute Gasteiger partial charge is 0.396 e. The van der Waals surface area contributed by atoms with Crippen molar-refractivity contribution in [2.45, 2.75) is 38.6 Å². The van der Waals surface area contributed by atoms with E-state index in [0.29, 0.717) is 5.56 Å². The fraction of sp³-hybridized carbons (Fsp3) is 0.444. The zero-order valence-electron chi connectivity index (χ0n) is 12.9. The number of hydrogen-bond acceptors (Lipinski definition) is 3. The molecule has 1 aliphatic rings. The smallest absolute Gasteiger partial charge is 0.220 e. The molecule has 1 aromatic rings. The van der Waals surface area contributed by atoms with Gasteiger partial charge in [-0.25, -0.2) is 0 Å². The van der Waals surface area contributed by atoms with E-state index >= 15 is 0 Å². The van der Waals surface area contributed by atoms with Gasteiger partial charge < -0.3 is 10.4 Å². The molecule has 22 heavy (non-hydrogen) atoms. The number of nitrogens with one attached hydrogen (secondary N) is 1. The van der Waals surface area contributed by atoms with E-state index in [2.05, 4.69) is 12.2 Å². The predicted octanol–water partition coefficient (Wildman–Crippen LogP) is 2.27. The number of amides is 1. The number of benzene rings is 1. The molecule has 0 fully saturated rings. The Morgan fingerprint density at radius 3 is 2.50 bits per heavy atom. The highest BCUT2D eigenvalue weighted by Gasteiger charge is 2.20. The summed E-state index contributed by atoms with van der Waals surface area (Å²) in [6.45, 7) is 2.18. The van der Waals surface area contributed by atoms with Gasteiger partial charge in [0.15, 0.2) is 5.78 Å². The average Bonchev–Trinajstić information content (AvgIpc) is 3.00. The molecule has 4 heteroatoms. The van der Waals surface area contributed by atoms with Gasteiger partial charge in [-0.05, 0) is 18.4 Å². The van der Waals surface area contributed by atoms with Crippen molar-refractivity contribution in [2.75, 3.05) is 6.61 Å². The molecule has 0 aliphatic heterocycles. The lowest BCUT2D eigenvalue weighted by atomic mass is 10.0. The molecule has 0 bridgehead atoms. The van der Waals surface area contributed by atoms with Crippen LogP contribution in [-0.4, -0.2) is 29.4 Å². The van der Waals surface area contributed by atoms with Crippen LogP contribution in [0.1, 0.15) is 42.1 Å².